The maximum Gasteiger partial charge on any atom is 0.226 e. The minimum absolute atomic E-state index is 0.100. The molecule has 0 saturated carbocycles. The van der Waals surface area contributed by atoms with Gasteiger partial charge < -0.3 is 14.8 Å². The fourth-order valence-corrected chi connectivity index (χ4v) is 3.57. The third kappa shape index (κ3) is 5.07. The average molecular weight is 400 g/mol. The number of carbonyl (C=O) groups is 1. The second kappa shape index (κ2) is 9.32. The zero-order valence-electron chi connectivity index (χ0n) is 15.7. The van der Waals surface area contributed by atoms with E-state index in [1.165, 1.54) is 23.5 Å². The maximum absolute atomic E-state index is 13.3. The first-order valence-corrected chi connectivity index (χ1v) is 9.65. The molecule has 0 aliphatic rings. The zero-order valence-corrected chi connectivity index (χ0v) is 16.5. The topological polar surface area (TPSA) is 60.5 Å². The van der Waals surface area contributed by atoms with E-state index in [1.54, 1.807) is 26.4 Å². The predicted octanol–water partition coefficient (Wildman–Crippen LogP) is 3.87. The molecule has 0 saturated heterocycles. The van der Waals surface area contributed by atoms with Gasteiger partial charge in [-0.15, -0.1) is 11.3 Å². The standard InChI is InChI=1S/C21H21FN2O3S/c1-26-18-7-6-14(10-19(18)27-2)8-9-23-20(25)12-17-13-28-21(24-17)15-4-3-5-16(22)11-15/h3-7,10-11,13H,8-9,12H2,1-2H3,(H,23,25). The normalized spacial score (nSPS) is 10.5. The number of benzene rings is 2. The lowest BCUT2D eigenvalue weighted by molar-refractivity contribution is -0.120. The smallest absolute Gasteiger partial charge is 0.226 e. The van der Waals surface area contributed by atoms with Crippen molar-refractivity contribution in [2.45, 2.75) is 12.8 Å². The molecule has 0 aliphatic carbocycles. The zero-order chi connectivity index (χ0) is 19.9. The molecule has 2 aromatic carbocycles. The van der Waals surface area contributed by atoms with Crippen LogP contribution in [0.25, 0.3) is 10.6 Å². The van der Waals surface area contributed by atoms with E-state index in [9.17, 15) is 9.18 Å². The third-order valence-electron chi connectivity index (χ3n) is 4.15. The van der Waals surface area contributed by atoms with Crippen molar-refractivity contribution in [3.8, 4) is 22.1 Å². The minimum Gasteiger partial charge on any atom is -0.493 e. The SMILES string of the molecule is COc1ccc(CCNC(=O)Cc2csc(-c3cccc(F)c3)n2)cc1OC. The lowest BCUT2D eigenvalue weighted by Crippen LogP contribution is -2.27. The van der Waals surface area contributed by atoms with Crippen molar-refractivity contribution in [3.05, 3.63) is 64.9 Å². The Kier molecular flexibility index (Phi) is 6.60. The largest absolute Gasteiger partial charge is 0.493 e. The van der Waals surface area contributed by atoms with Crippen molar-refractivity contribution in [1.82, 2.24) is 10.3 Å². The Bertz CT molecular complexity index is 958. The number of ether oxygens (including phenoxy) is 2. The Hall–Kier alpha value is -2.93. The summed E-state index contributed by atoms with van der Waals surface area (Å²) in [6.45, 7) is 0.509. The first-order valence-electron chi connectivity index (χ1n) is 8.77. The first-order chi connectivity index (χ1) is 13.6. The molecule has 3 aromatic rings. The molecule has 146 valence electrons. The van der Waals surface area contributed by atoms with Crippen LogP contribution >= 0.6 is 11.3 Å². The highest BCUT2D eigenvalue weighted by Crippen LogP contribution is 2.27. The summed E-state index contributed by atoms with van der Waals surface area (Å²) in [7, 11) is 3.19. The van der Waals surface area contributed by atoms with E-state index in [0.717, 1.165) is 5.56 Å². The minimum atomic E-state index is -0.304. The van der Waals surface area contributed by atoms with Gasteiger partial charge in [0, 0.05) is 17.5 Å². The van der Waals surface area contributed by atoms with Crippen LogP contribution in [0.4, 0.5) is 4.39 Å². The summed E-state index contributed by atoms with van der Waals surface area (Å²) in [5.74, 6) is 0.935. The van der Waals surface area contributed by atoms with E-state index in [0.29, 0.717) is 40.7 Å². The van der Waals surface area contributed by atoms with Crippen LogP contribution < -0.4 is 14.8 Å². The predicted molar refractivity (Wildman–Crippen MR) is 107 cm³/mol. The van der Waals surface area contributed by atoms with Crippen molar-refractivity contribution in [2.75, 3.05) is 20.8 Å². The number of hydrogen-bond acceptors (Lipinski definition) is 5. The summed E-state index contributed by atoms with van der Waals surface area (Å²) in [5, 5.41) is 5.43. The summed E-state index contributed by atoms with van der Waals surface area (Å²) in [6.07, 6.45) is 0.870. The van der Waals surface area contributed by atoms with Crippen LogP contribution in [0.1, 0.15) is 11.3 Å². The van der Waals surface area contributed by atoms with Gasteiger partial charge in [0.2, 0.25) is 5.91 Å². The Morgan fingerprint density at radius 2 is 1.96 bits per heavy atom. The number of nitrogens with zero attached hydrogens (tertiary/aromatic N) is 1. The molecule has 0 bridgehead atoms. The summed E-state index contributed by atoms with van der Waals surface area (Å²) >= 11 is 1.40. The van der Waals surface area contributed by atoms with E-state index in [2.05, 4.69) is 10.3 Å². The molecule has 0 fully saturated rings. The Labute approximate surface area is 167 Å². The molecule has 1 amide bonds. The number of thiazole rings is 1. The molecular weight excluding hydrogens is 379 g/mol. The average Bonchev–Trinajstić information content (AvgIpc) is 3.16. The molecule has 1 N–H and O–H groups in total. The van der Waals surface area contributed by atoms with Gasteiger partial charge in [0.25, 0.3) is 0 Å². The fraction of sp³-hybridized carbons (Fsp3) is 0.238. The molecular formula is C21H21FN2O3S. The Morgan fingerprint density at radius 3 is 2.71 bits per heavy atom. The fourth-order valence-electron chi connectivity index (χ4n) is 2.75. The van der Waals surface area contributed by atoms with Crippen LogP contribution in [-0.4, -0.2) is 31.7 Å². The van der Waals surface area contributed by atoms with Gasteiger partial charge in [0.05, 0.1) is 26.3 Å². The second-order valence-electron chi connectivity index (χ2n) is 6.12. The van der Waals surface area contributed by atoms with E-state index < -0.39 is 0 Å². The van der Waals surface area contributed by atoms with E-state index in [4.69, 9.17) is 9.47 Å². The maximum atomic E-state index is 13.3. The highest BCUT2D eigenvalue weighted by molar-refractivity contribution is 7.13. The molecule has 5 nitrogen and oxygen atoms in total. The number of aromatic nitrogens is 1. The molecule has 0 spiro atoms. The second-order valence-corrected chi connectivity index (χ2v) is 6.98. The van der Waals surface area contributed by atoms with Gasteiger partial charge in [-0.2, -0.15) is 0 Å². The highest BCUT2D eigenvalue weighted by Gasteiger charge is 2.10. The summed E-state index contributed by atoms with van der Waals surface area (Å²) in [6, 6.07) is 12.0. The van der Waals surface area contributed by atoms with Gasteiger partial charge in [-0.25, -0.2) is 9.37 Å². The van der Waals surface area contributed by atoms with E-state index in [-0.39, 0.29) is 18.1 Å². The molecule has 28 heavy (non-hydrogen) atoms. The number of halogens is 1. The summed E-state index contributed by atoms with van der Waals surface area (Å²) in [5.41, 5.74) is 2.43. The van der Waals surface area contributed by atoms with Gasteiger partial charge in [0.15, 0.2) is 11.5 Å². The van der Waals surface area contributed by atoms with Crippen molar-refractivity contribution in [3.63, 3.8) is 0 Å². The molecule has 0 radical (unpaired) electrons. The quantitative estimate of drug-likeness (QED) is 0.624. The van der Waals surface area contributed by atoms with Crippen LogP contribution in [0.5, 0.6) is 11.5 Å². The van der Waals surface area contributed by atoms with Gasteiger partial charge in [-0.1, -0.05) is 18.2 Å². The molecule has 0 unspecified atom stereocenters. The Morgan fingerprint density at radius 1 is 1.14 bits per heavy atom. The highest BCUT2D eigenvalue weighted by atomic mass is 32.1. The molecule has 0 aliphatic heterocycles. The van der Waals surface area contributed by atoms with Gasteiger partial charge in [0.1, 0.15) is 10.8 Å². The monoisotopic (exact) mass is 400 g/mol. The summed E-state index contributed by atoms with van der Waals surface area (Å²) in [4.78, 5) is 16.6. The van der Waals surface area contributed by atoms with Crippen LogP contribution in [0, 0.1) is 5.82 Å². The van der Waals surface area contributed by atoms with Crippen LogP contribution in [0.15, 0.2) is 47.8 Å². The van der Waals surface area contributed by atoms with Crippen molar-refractivity contribution >= 4 is 17.2 Å². The number of amides is 1. The molecule has 1 aromatic heterocycles. The summed E-state index contributed by atoms with van der Waals surface area (Å²) < 4.78 is 23.8. The van der Waals surface area contributed by atoms with E-state index >= 15 is 0 Å². The van der Waals surface area contributed by atoms with Gasteiger partial charge in [-0.3, -0.25) is 4.79 Å². The number of nitrogens with one attached hydrogen (secondary N) is 1. The Balaban J connectivity index is 1.51. The van der Waals surface area contributed by atoms with Gasteiger partial charge >= 0.3 is 0 Å². The van der Waals surface area contributed by atoms with Crippen molar-refractivity contribution < 1.29 is 18.7 Å². The molecule has 3 rings (SSSR count). The molecule has 1 heterocycles. The van der Waals surface area contributed by atoms with Crippen LogP contribution in [0.3, 0.4) is 0 Å². The van der Waals surface area contributed by atoms with Gasteiger partial charge in [-0.05, 0) is 36.2 Å². The molecule has 7 heteroatoms. The number of carbonyl (C=O) groups excluding carboxylic acids is 1. The number of methoxy groups -OCH3 is 2. The lowest BCUT2D eigenvalue weighted by Gasteiger charge is -2.10. The van der Waals surface area contributed by atoms with Crippen molar-refractivity contribution in [1.29, 1.82) is 0 Å². The molecule has 0 atom stereocenters. The van der Waals surface area contributed by atoms with Crippen LogP contribution in [-0.2, 0) is 17.6 Å². The van der Waals surface area contributed by atoms with Crippen molar-refractivity contribution in [2.24, 2.45) is 0 Å². The van der Waals surface area contributed by atoms with Crippen LogP contribution in [0.2, 0.25) is 0 Å². The number of hydrogen-bond donors (Lipinski definition) is 1. The third-order valence-corrected chi connectivity index (χ3v) is 5.09. The van der Waals surface area contributed by atoms with E-state index in [1.807, 2.05) is 23.6 Å². The first kappa shape index (κ1) is 19.8. The lowest BCUT2D eigenvalue weighted by atomic mass is 10.1. The number of rotatable bonds is 8.